The lowest BCUT2D eigenvalue weighted by molar-refractivity contribution is 0.294. The number of halogens is 2. The average Bonchev–Trinajstić information content (AvgIpc) is 2.89. The van der Waals surface area contributed by atoms with Crippen LogP contribution in [0.2, 0.25) is 5.02 Å². The number of hydrogen-bond donors (Lipinski definition) is 1. The molecule has 0 atom stereocenters. The molecule has 1 N–H and O–H groups in total. The second kappa shape index (κ2) is 13.9. The van der Waals surface area contributed by atoms with Crippen LogP contribution in [0.4, 0.5) is 5.69 Å². The fourth-order valence-corrected chi connectivity index (χ4v) is 6.01. The zero-order valence-electron chi connectivity index (χ0n) is 20.3. The number of benzene rings is 3. The van der Waals surface area contributed by atoms with Crippen LogP contribution in [0.5, 0.6) is 5.75 Å². The predicted molar refractivity (Wildman–Crippen MR) is 150 cm³/mol. The topological polar surface area (TPSA) is 58.6 Å². The van der Waals surface area contributed by atoms with Gasteiger partial charge in [0.15, 0.2) is 0 Å². The van der Waals surface area contributed by atoms with E-state index in [9.17, 15) is 8.42 Å². The van der Waals surface area contributed by atoms with Gasteiger partial charge in [-0.1, -0.05) is 67.3 Å². The van der Waals surface area contributed by atoms with Gasteiger partial charge in [-0.15, -0.1) is 12.4 Å². The molecule has 0 bridgehead atoms. The molecule has 0 unspecified atom stereocenters. The smallest absolute Gasteiger partial charge is 0.264 e. The Balaban J connectivity index is 0.00000361. The minimum absolute atomic E-state index is 0. The summed E-state index contributed by atoms with van der Waals surface area (Å²) in [7, 11) is -3.82. The molecule has 3 aromatic rings. The molecular formula is C28H34Cl2N2O3S. The Morgan fingerprint density at radius 1 is 0.889 bits per heavy atom. The van der Waals surface area contributed by atoms with E-state index in [1.807, 2.05) is 42.5 Å². The van der Waals surface area contributed by atoms with E-state index in [4.69, 9.17) is 16.3 Å². The Morgan fingerprint density at radius 2 is 1.56 bits per heavy atom. The van der Waals surface area contributed by atoms with Crippen LogP contribution < -0.4 is 14.4 Å². The predicted octanol–water partition coefficient (Wildman–Crippen LogP) is 6.85. The first-order valence-corrected chi connectivity index (χ1v) is 14.1. The van der Waals surface area contributed by atoms with Crippen LogP contribution in [0.25, 0.3) is 0 Å². The first-order chi connectivity index (χ1) is 17.0. The van der Waals surface area contributed by atoms with Crippen molar-refractivity contribution >= 4 is 39.7 Å². The van der Waals surface area contributed by atoms with Crippen molar-refractivity contribution in [2.75, 3.05) is 17.5 Å². The van der Waals surface area contributed by atoms with Gasteiger partial charge < -0.3 is 10.1 Å². The first-order valence-electron chi connectivity index (χ1n) is 12.3. The summed E-state index contributed by atoms with van der Waals surface area (Å²) in [6.07, 6.45) is 7.42. The van der Waals surface area contributed by atoms with E-state index in [2.05, 4.69) is 5.32 Å². The van der Waals surface area contributed by atoms with Crippen LogP contribution in [0.3, 0.4) is 0 Å². The standard InChI is InChI=1S/C28H33ClN2O3S.ClH/c29-24-16-18-27(19-17-24)35(32,33)31(26-13-5-2-6-14-26)22-23-10-7-8-15-28(23)34-21-9-20-30-25-11-3-1-4-12-25;/h2,5-8,10,13-19,25,30H,1,3-4,9,11-12,20-22H2;1H. The third-order valence-electron chi connectivity index (χ3n) is 6.35. The van der Waals surface area contributed by atoms with E-state index in [0.717, 1.165) is 18.5 Å². The molecule has 0 saturated heterocycles. The number of hydrogen-bond acceptors (Lipinski definition) is 4. The normalized spacial score (nSPS) is 14.1. The lowest BCUT2D eigenvalue weighted by Gasteiger charge is -2.26. The van der Waals surface area contributed by atoms with Crippen LogP contribution in [0, 0.1) is 0 Å². The number of nitrogens with zero attached hydrogens (tertiary/aromatic N) is 1. The highest BCUT2D eigenvalue weighted by molar-refractivity contribution is 7.92. The van der Waals surface area contributed by atoms with E-state index in [1.54, 1.807) is 24.3 Å². The Labute approximate surface area is 226 Å². The van der Waals surface area contributed by atoms with E-state index < -0.39 is 10.0 Å². The molecule has 3 aromatic carbocycles. The fourth-order valence-electron chi connectivity index (χ4n) is 4.44. The van der Waals surface area contributed by atoms with Crippen molar-refractivity contribution in [2.24, 2.45) is 0 Å². The number of ether oxygens (including phenoxy) is 1. The minimum atomic E-state index is -3.82. The van der Waals surface area contributed by atoms with Crippen LogP contribution in [-0.2, 0) is 16.6 Å². The Hall–Kier alpha value is -2.25. The van der Waals surface area contributed by atoms with Gasteiger partial charge in [-0.25, -0.2) is 8.42 Å². The second-order valence-corrected chi connectivity index (χ2v) is 11.2. The molecule has 1 saturated carbocycles. The van der Waals surface area contributed by atoms with Gasteiger partial charge in [0, 0.05) is 16.6 Å². The molecule has 1 fully saturated rings. The van der Waals surface area contributed by atoms with E-state index in [-0.39, 0.29) is 23.8 Å². The van der Waals surface area contributed by atoms with E-state index >= 15 is 0 Å². The molecule has 0 spiro atoms. The number of para-hydroxylation sites is 2. The highest BCUT2D eigenvalue weighted by Gasteiger charge is 2.26. The summed E-state index contributed by atoms with van der Waals surface area (Å²) in [4.78, 5) is 0.193. The van der Waals surface area contributed by atoms with Crippen molar-refractivity contribution in [3.05, 3.63) is 89.4 Å². The molecule has 5 nitrogen and oxygen atoms in total. The first kappa shape index (κ1) is 28.3. The molecule has 0 radical (unpaired) electrons. The van der Waals surface area contributed by atoms with Gasteiger partial charge in [-0.05, 0) is 68.3 Å². The van der Waals surface area contributed by atoms with Gasteiger partial charge in [0.1, 0.15) is 5.75 Å². The maximum absolute atomic E-state index is 13.6. The summed E-state index contributed by atoms with van der Waals surface area (Å²) in [6.45, 7) is 1.66. The highest BCUT2D eigenvalue weighted by Crippen LogP contribution is 2.29. The van der Waals surface area contributed by atoms with Crippen LogP contribution in [-0.4, -0.2) is 27.6 Å². The van der Waals surface area contributed by atoms with Crippen molar-refractivity contribution in [1.29, 1.82) is 0 Å². The maximum Gasteiger partial charge on any atom is 0.264 e. The molecule has 36 heavy (non-hydrogen) atoms. The lowest BCUT2D eigenvalue weighted by Crippen LogP contribution is -2.32. The van der Waals surface area contributed by atoms with Crippen molar-refractivity contribution in [2.45, 2.75) is 56.0 Å². The van der Waals surface area contributed by atoms with E-state index in [1.165, 1.54) is 48.5 Å². The summed E-state index contributed by atoms with van der Waals surface area (Å²) < 4.78 is 34.8. The van der Waals surface area contributed by atoms with Crippen LogP contribution >= 0.6 is 24.0 Å². The van der Waals surface area contributed by atoms with Crippen molar-refractivity contribution in [1.82, 2.24) is 5.32 Å². The van der Waals surface area contributed by atoms with Gasteiger partial charge in [0.2, 0.25) is 0 Å². The molecular weight excluding hydrogens is 515 g/mol. The van der Waals surface area contributed by atoms with Crippen molar-refractivity contribution in [3.8, 4) is 5.75 Å². The quantitative estimate of drug-likeness (QED) is 0.266. The van der Waals surface area contributed by atoms with Crippen molar-refractivity contribution < 1.29 is 13.2 Å². The molecule has 1 aliphatic rings. The molecule has 0 heterocycles. The third kappa shape index (κ3) is 7.62. The van der Waals surface area contributed by atoms with E-state index in [0.29, 0.717) is 29.1 Å². The Bertz CT molecular complexity index is 1170. The van der Waals surface area contributed by atoms with Gasteiger partial charge in [-0.3, -0.25) is 4.31 Å². The maximum atomic E-state index is 13.6. The van der Waals surface area contributed by atoms with Crippen LogP contribution in [0.1, 0.15) is 44.1 Å². The zero-order chi connectivity index (χ0) is 24.5. The van der Waals surface area contributed by atoms with Gasteiger partial charge in [-0.2, -0.15) is 0 Å². The number of nitrogens with one attached hydrogen (secondary N) is 1. The molecule has 1 aliphatic carbocycles. The number of anilines is 1. The molecule has 0 amide bonds. The number of rotatable bonds is 11. The van der Waals surface area contributed by atoms with Gasteiger partial charge >= 0.3 is 0 Å². The molecule has 0 aliphatic heterocycles. The summed E-state index contributed by atoms with van der Waals surface area (Å²) in [6, 6.07) is 23.7. The SMILES string of the molecule is Cl.O=S(=O)(c1ccc(Cl)cc1)N(Cc1ccccc1OCCCNC1CCCCC1)c1ccccc1. The molecule has 194 valence electrons. The fraction of sp³-hybridized carbons (Fsp3) is 0.357. The largest absolute Gasteiger partial charge is 0.493 e. The minimum Gasteiger partial charge on any atom is -0.493 e. The van der Waals surface area contributed by atoms with Crippen LogP contribution in [0.15, 0.2) is 83.8 Å². The Morgan fingerprint density at radius 3 is 2.28 bits per heavy atom. The van der Waals surface area contributed by atoms with Crippen molar-refractivity contribution in [3.63, 3.8) is 0 Å². The molecule has 0 aromatic heterocycles. The average molecular weight is 550 g/mol. The summed E-state index contributed by atoms with van der Waals surface area (Å²) in [5.41, 5.74) is 1.41. The third-order valence-corrected chi connectivity index (χ3v) is 8.39. The molecule has 4 rings (SSSR count). The zero-order valence-corrected chi connectivity index (χ0v) is 22.7. The second-order valence-electron chi connectivity index (χ2n) is 8.90. The Kier molecular flexibility index (Phi) is 10.9. The highest BCUT2D eigenvalue weighted by atomic mass is 35.5. The lowest BCUT2D eigenvalue weighted by atomic mass is 9.95. The summed E-state index contributed by atoms with van der Waals surface area (Å²) in [5, 5.41) is 4.13. The monoisotopic (exact) mass is 548 g/mol. The van der Waals surface area contributed by atoms with Gasteiger partial charge in [0.05, 0.1) is 23.7 Å². The number of sulfonamides is 1. The summed E-state index contributed by atoms with van der Waals surface area (Å²) >= 11 is 5.99. The molecule has 8 heteroatoms. The van der Waals surface area contributed by atoms with Gasteiger partial charge in [0.25, 0.3) is 10.0 Å². The summed E-state index contributed by atoms with van der Waals surface area (Å²) in [5.74, 6) is 0.706.